The van der Waals surface area contributed by atoms with Gasteiger partial charge in [0.1, 0.15) is 41.5 Å². The fourth-order valence-electron chi connectivity index (χ4n) is 6.75. The van der Waals surface area contributed by atoms with Crippen molar-refractivity contribution in [3.05, 3.63) is 82.5 Å². The van der Waals surface area contributed by atoms with Crippen LogP contribution in [0.1, 0.15) is 74.2 Å². The summed E-state index contributed by atoms with van der Waals surface area (Å²) >= 11 is 0. The second kappa shape index (κ2) is 10.8. The number of ether oxygens (including phenoxy) is 1. The molecule has 7 rings (SSSR count). The summed E-state index contributed by atoms with van der Waals surface area (Å²) < 4.78 is 33.9. The molecule has 2 aromatic carbocycles. The first-order chi connectivity index (χ1) is 22.0. The van der Waals surface area contributed by atoms with Gasteiger partial charge in [0.25, 0.3) is 0 Å². The molecular weight excluding hydrogens is 593 g/mol. The molecule has 5 atom stereocenters. The van der Waals surface area contributed by atoms with Crippen molar-refractivity contribution in [1.29, 1.82) is 5.26 Å². The zero-order chi connectivity index (χ0) is 32.5. The third-order valence-electron chi connectivity index (χ3n) is 9.12. The summed E-state index contributed by atoms with van der Waals surface area (Å²) in [4.78, 5) is 36.2. The fourth-order valence-corrected chi connectivity index (χ4v) is 6.75. The van der Waals surface area contributed by atoms with Gasteiger partial charge in [-0.2, -0.15) is 10.2 Å². The molecule has 5 heterocycles. The summed E-state index contributed by atoms with van der Waals surface area (Å²) in [5.74, 6) is -1.73. The number of aliphatic hydroxyl groups is 1. The van der Waals surface area contributed by atoms with Crippen LogP contribution in [-0.2, 0) is 21.4 Å². The van der Waals surface area contributed by atoms with Crippen molar-refractivity contribution in [3.63, 3.8) is 0 Å². The van der Waals surface area contributed by atoms with Crippen molar-refractivity contribution in [2.45, 2.75) is 64.3 Å². The van der Waals surface area contributed by atoms with E-state index in [0.29, 0.717) is 22.6 Å². The quantitative estimate of drug-likeness (QED) is 0.272. The molecule has 11 nitrogen and oxygen atoms in total. The standard InChI is InChI=1S/C34H32FN5O6/c1-15(2)26-32-40-27(31-37-20(13-36)14-44-31)29(46-32)34-21-12-19(35)6-7-23(21)38-33(34)45-25-8-5-17(10-22(25)34)9-18(30(43)39-26)11-24(41)28(42)16(3)4/h5-8,10,12,14-16,18,26,28,33,38,42H,9,11H2,1-4H3,(H,39,43)/t18-,26+,28+,33+,34?/m1/s1. The first-order valence-electron chi connectivity index (χ1n) is 15.3. The van der Waals surface area contributed by atoms with Crippen molar-refractivity contribution < 1.29 is 32.7 Å². The number of carbonyl (C=O) groups excluding carboxylic acids is 2. The number of Topliss-reactive ketones (excluding diaryl/α,β-unsaturated/α-hetero) is 1. The Morgan fingerprint density at radius 3 is 2.67 bits per heavy atom. The van der Waals surface area contributed by atoms with E-state index in [1.54, 1.807) is 26.0 Å². The summed E-state index contributed by atoms with van der Waals surface area (Å²) in [6, 6.07) is 11.1. The van der Waals surface area contributed by atoms with Gasteiger partial charge >= 0.3 is 0 Å². The predicted molar refractivity (Wildman–Crippen MR) is 161 cm³/mol. The first-order valence-corrected chi connectivity index (χ1v) is 15.3. The van der Waals surface area contributed by atoms with E-state index in [2.05, 4.69) is 15.6 Å². The highest BCUT2D eigenvalue weighted by atomic mass is 19.1. The van der Waals surface area contributed by atoms with E-state index >= 15 is 4.39 Å². The van der Waals surface area contributed by atoms with Crippen LogP contribution in [0.3, 0.4) is 0 Å². The lowest BCUT2D eigenvalue weighted by Gasteiger charge is -2.28. The van der Waals surface area contributed by atoms with Gasteiger partial charge in [0, 0.05) is 29.2 Å². The van der Waals surface area contributed by atoms with Crippen molar-refractivity contribution in [2.75, 3.05) is 5.32 Å². The number of amides is 1. The molecule has 2 aromatic heterocycles. The van der Waals surface area contributed by atoms with Crippen LogP contribution in [0.2, 0.25) is 0 Å². The molecule has 0 aliphatic carbocycles. The fraction of sp³-hybridized carbons (Fsp3) is 0.382. The van der Waals surface area contributed by atoms with E-state index in [4.69, 9.17) is 18.6 Å². The molecule has 0 fully saturated rings. The molecule has 3 N–H and O–H groups in total. The first kappa shape index (κ1) is 29.7. The monoisotopic (exact) mass is 625 g/mol. The van der Waals surface area contributed by atoms with E-state index in [1.807, 2.05) is 32.0 Å². The Balaban J connectivity index is 1.50. The molecule has 0 saturated heterocycles. The zero-order valence-corrected chi connectivity index (χ0v) is 25.6. The number of fused-ring (bicyclic) bond motifs is 4. The minimum absolute atomic E-state index is 0.0129. The summed E-state index contributed by atoms with van der Waals surface area (Å²) in [6.07, 6.45) is -0.770. The number of halogens is 1. The molecule has 4 aromatic rings. The number of rotatable bonds is 6. The van der Waals surface area contributed by atoms with E-state index < -0.39 is 47.2 Å². The second-order valence-corrected chi connectivity index (χ2v) is 12.8. The minimum atomic E-state index is -1.28. The van der Waals surface area contributed by atoms with Crippen LogP contribution in [0.4, 0.5) is 10.1 Å². The molecule has 1 unspecified atom stereocenters. The molecule has 0 radical (unpaired) electrons. The number of anilines is 1. The molecule has 12 heteroatoms. The maximum atomic E-state index is 15.1. The maximum Gasteiger partial charge on any atom is 0.250 e. The lowest BCUT2D eigenvalue weighted by atomic mass is 9.72. The highest BCUT2D eigenvalue weighted by Gasteiger charge is 2.61. The maximum absolute atomic E-state index is 15.1. The van der Waals surface area contributed by atoms with E-state index in [0.717, 1.165) is 5.56 Å². The summed E-state index contributed by atoms with van der Waals surface area (Å²) in [6.45, 7) is 7.28. The average molecular weight is 626 g/mol. The SMILES string of the molecule is CC(C)[C@H](O)C(=O)C[C@H]1Cc2ccc3c(c2)C2(c4cc(F)ccc4N[C@H]2O3)c2oc(nc2-c2nc(C#N)co2)[C@H](C(C)C)NC1=O. The number of benzene rings is 2. The van der Waals surface area contributed by atoms with Gasteiger partial charge in [0.15, 0.2) is 29.2 Å². The smallest absolute Gasteiger partial charge is 0.250 e. The topological polar surface area (TPSA) is 164 Å². The van der Waals surface area contributed by atoms with Crippen LogP contribution in [0, 0.1) is 34.9 Å². The van der Waals surface area contributed by atoms with Gasteiger partial charge in [-0.15, -0.1) is 0 Å². The average Bonchev–Trinajstić information content (AvgIpc) is 3.79. The zero-order valence-electron chi connectivity index (χ0n) is 25.6. The third-order valence-corrected chi connectivity index (χ3v) is 9.12. The van der Waals surface area contributed by atoms with Gasteiger partial charge in [0.05, 0.1) is 0 Å². The number of aliphatic hydroxyl groups excluding tert-OH is 1. The van der Waals surface area contributed by atoms with Crippen LogP contribution >= 0.6 is 0 Å². The van der Waals surface area contributed by atoms with Gasteiger partial charge in [-0.1, -0.05) is 39.8 Å². The van der Waals surface area contributed by atoms with Crippen LogP contribution in [0.15, 0.2) is 51.5 Å². The number of nitrogens with one attached hydrogen (secondary N) is 2. The molecule has 3 aliphatic heterocycles. The second-order valence-electron chi connectivity index (χ2n) is 12.8. The Hall–Kier alpha value is -5.02. The summed E-state index contributed by atoms with van der Waals surface area (Å²) in [7, 11) is 0. The largest absolute Gasteiger partial charge is 0.469 e. The Kier molecular flexibility index (Phi) is 6.97. The van der Waals surface area contributed by atoms with E-state index in [9.17, 15) is 20.0 Å². The van der Waals surface area contributed by atoms with E-state index in [1.165, 1.54) is 18.4 Å². The number of nitrogens with zero attached hydrogens (tertiary/aromatic N) is 3. The molecule has 1 spiro atoms. The summed E-state index contributed by atoms with van der Waals surface area (Å²) in [5.41, 5.74) is 1.45. The summed E-state index contributed by atoms with van der Waals surface area (Å²) in [5, 5.41) is 26.4. The van der Waals surface area contributed by atoms with E-state index in [-0.39, 0.29) is 53.6 Å². The van der Waals surface area contributed by atoms with Gasteiger partial charge < -0.3 is 29.3 Å². The molecule has 46 heavy (non-hydrogen) atoms. The normalized spacial score (nSPS) is 23.4. The Morgan fingerprint density at radius 1 is 1.15 bits per heavy atom. The number of carbonyl (C=O) groups is 2. The molecule has 1 amide bonds. The van der Waals surface area contributed by atoms with Gasteiger partial charge in [-0.3, -0.25) is 9.59 Å². The molecule has 236 valence electrons. The van der Waals surface area contributed by atoms with Gasteiger partial charge in [-0.05, 0) is 48.1 Å². The highest BCUT2D eigenvalue weighted by Crippen LogP contribution is 2.59. The molecule has 0 saturated carbocycles. The number of aromatic nitrogens is 2. The predicted octanol–water partition coefficient (Wildman–Crippen LogP) is 4.78. The number of oxazole rings is 2. The lowest BCUT2D eigenvalue weighted by molar-refractivity contribution is -0.135. The molecule has 3 aliphatic rings. The van der Waals surface area contributed by atoms with Crippen LogP contribution < -0.4 is 15.4 Å². The van der Waals surface area contributed by atoms with Gasteiger partial charge in [-0.25, -0.2) is 9.37 Å². The highest BCUT2D eigenvalue weighted by molar-refractivity contribution is 5.89. The van der Waals surface area contributed by atoms with Crippen molar-refractivity contribution in [2.24, 2.45) is 17.8 Å². The number of ketones is 1. The lowest BCUT2D eigenvalue weighted by Crippen LogP contribution is -2.41. The van der Waals surface area contributed by atoms with Crippen molar-refractivity contribution >= 4 is 17.4 Å². The third kappa shape index (κ3) is 4.48. The number of hydrogen-bond donors (Lipinski definition) is 3. The van der Waals surface area contributed by atoms with Crippen molar-refractivity contribution in [3.8, 4) is 23.4 Å². The Morgan fingerprint density at radius 2 is 1.96 bits per heavy atom. The van der Waals surface area contributed by atoms with Crippen LogP contribution in [0.25, 0.3) is 11.6 Å². The van der Waals surface area contributed by atoms with Crippen LogP contribution in [0.5, 0.6) is 5.75 Å². The molecule has 4 bridgehead atoms. The molecular formula is C34H32FN5O6. The minimum Gasteiger partial charge on any atom is -0.469 e. The Bertz CT molecular complexity index is 1920. The van der Waals surface area contributed by atoms with Gasteiger partial charge in [0.2, 0.25) is 17.7 Å². The van der Waals surface area contributed by atoms with Crippen molar-refractivity contribution in [1.82, 2.24) is 15.3 Å². The Labute approximate surface area is 263 Å². The number of hydrogen-bond acceptors (Lipinski definition) is 10. The number of nitriles is 1. The van der Waals surface area contributed by atoms with Crippen LogP contribution in [-0.4, -0.2) is 39.1 Å².